The van der Waals surface area contributed by atoms with Gasteiger partial charge in [0.2, 0.25) is 0 Å². The van der Waals surface area contributed by atoms with Gasteiger partial charge in [0.15, 0.2) is 6.10 Å². The lowest BCUT2D eigenvalue weighted by atomic mass is 9.51. The molecule has 1 N–H and O–H groups in total. The summed E-state index contributed by atoms with van der Waals surface area (Å²) in [6.45, 7) is 7.13. The molecule has 5 heteroatoms. The second kappa shape index (κ2) is 4.99. The van der Waals surface area contributed by atoms with Crippen LogP contribution in [0.25, 0.3) is 0 Å². The molecule has 2 saturated carbocycles. The second-order valence-electron chi connectivity index (χ2n) is 9.70. The van der Waals surface area contributed by atoms with Gasteiger partial charge in [-0.1, -0.05) is 13.3 Å². The van der Waals surface area contributed by atoms with Crippen LogP contribution in [0.4, 0.5) is 0 Å². The zero-order valence-electron chi connectivity index (χ0n) is 15.6. The summed E-state index contributed by atoms with van der Waals surface area (Å²) in [6, 6.07) is 0. The van der Waals surface area contributed by atoms with Gasteiger partial charge in [0, 0.05) is 12.0 Å². The highest BCUT2D eigenvalue weighted by molar-refractivity contribution is 5.78. The Morgan fingerprint density at radius 1 is 1.08 bits per heavy atom. The van der Waals surface area contributed by atoms with Crippen molar-refractivity contribution < 1.29 is 19.4 Å². The topological polar surface area (TPSA) is 62.3 Å². The number of piperidine rings is 1. The minimum absolute atomic E-state index is 0.0111. The highest BCUT2D eigenvalue weighted by atomic mass is 16.7. The minimum Gasteiger partial charge on any atom is -0.456 e. The molecule has 2 aliphatic carbocycles. The van der Waals surface area contributed by atoms with Gasteiger partial charge in [-0.2, -0.15) is 0 Å². The van der Waals surface area contributed by atoms with Crippen molar-refractivity contribution in [3.63, 3.8) is 0 Å². The van der Waals surface area contributed by atoms with E-state index < -0.39 is 23.2 Å². The van der Waals surface area contributed by atoms with E-state index in [1.54, 1.807) is 0 Å². The Morgan fingerprint density at radius 2 is 1.84 bits per heavy atom. The Labute approximate surface area is 150 Å². The zero-order valence-corrected chi connectivity index (χ0v) is 15.6. The number of epoxide rings is 1. The number of likely N-dealkylation sites (tertiary alicyclic amines) is 1. The smallest absolute Gasteiger partial charge is 0.313 e. The van der Waals surface area contributed by atoms with Crippen molar-refractivity contribution in [2.45, 2.75) is 88.1 Å². The molecule has 5 rings (SSSR count). The summed E-state index contributed by atoms with van der Waals surface area (Å²) in [5.74, 6) is -0.634. The maximum atomic E-state index is 12.8. The van der Waals surface area contributed by atoms with E-state index in [1.165, 1.54) is 19.3 Å². The largest absolute Gasteiger partial charge is 0.456 e. The van der Waals surface area contributed by atoms with Gasteiger partial charge in [0.1, 0.15) is 17.1 Å². The first kappa shape index (κ1) is 16.5. The summed E-state index contributed by atoms with van der Waals surface area (Å²) in [7, 11) is 0. The standard InChI is InChI=1S/C20H31NO4/c1-17-7-6-8-18(2)20(17,25-18)16-19(23,10-9-17)14(15(22)24-16)13-21-11-4-3-5-12-21/h14,16,23H,3-13H2,1-2H3/t14?,16?,17?,18?,19-,20?/m1/s1. The molecule has 0 aromatic rings. The Morgan fingerprint density at radius 3 is 2.60 bits per heavy atom. The van der Waals surface area contributed by atoms with Crippen LogP contribution in [0.2, 0.25) is 0 Å². The molecule has 5 aliphatic rings. The van der Waals surface area contributed by atoms with Gasteiger partial charge in [-0.3, -0.25) is 4.79 Å². The van der Waals surface area contributed by atoms with Crippen LogP contribution >= 0.6 is 0 Å². The van der Waals surface area contributed by atoms with Crippen LogP contribution in [0.15, 0.2) is 0 Å². The van der Waals surface area contributed by atoms with Crippen molar-refractivity contribution in [2.75, 3.05) is 19.6 Å². The fraction of sp³-hybridized carbons (Fsp3) is 0.950. The molecule has 6 atom stereocenters. The van der Waals surface area contributed by atoms with Crippen molar-refractivity contribution in [2.24, 2.45) is 11.3 Å². The van der Waals surface area contributed by atoms with E-state index in [9.17, 15) is 9.90 Å². The first-order chi connectivity index (χ1) is 11.8. The summed E-state index contributed by atoms with van der Waals surface area (Å²) in [5, 5.41) is 11.7. The van der Waals surface area contributed by atoms with Crippen molar-refractivity contribution in [1.82, 2.24) is 4.90 Å². The van der Waals surface area contributed by atoms with E-state index in [2.05, 4.69) is 18.7 Å². The molecule has 3 saturated heterocycles. The summed E-state index contributed by atoms with van der Waals surface area (Å²) in [5.41, 5.74) is -1.77. The Balaban J connectivity index is 1.46. The SMILES string of the molecule is CC12CCCC3(C)OC13C1OC(=O)C(CN3CCCCC3)[C@]1(O)CC2. The molecule has 140 valence electrons. The van der Waals surface area contributed by atoms with Gasteiger partial charge in [0.25, 0.3) is 0 Å². The van der Waals surface area contributed by atoms with Crippen LogP contribution in [0, 0.1) is 11.3 Å². The van der Waals surface area contributed by atoms with Gasteiger partial charge >= 0.3 is 5.97 Å². The van der Waals surface area contributed by atoms with E-state index in [0.717, 1.165) is 38.8 Å². The third-order valence-corrected chi connectivity index (χ3v) is 8.32. The van der Waals surface area contributed by atoms with Crippen LogP contribution in [-0.4, -0.2) is 58.5 Å². The third-order valence-electron chi connectivity index (χ3n) is 8.32. The number of fused-ring (bicyclic) bond motifs is 1. The second-order valence-corrected chi connectivity index (χ2v) is 9.70. The molecule has 0 amide bonds. The average Bonchev–Trinajstić information content (AvgIpc) is 3.16. The number of nitrogens with zero attached hydrogens (tertiary/aromatic N) is 1. The number of ether oxygens (including phenoxy) is 2. The normalized spacial score (nSPS) is 55.1. The fourth-order valence-corrected chi connectivity index (χ4v) is 6.82. The molecule has 5 nitrogen and oxygen atoms in total. The van der Waals surface area contributed by atoms with Crippen molar-refractivity contribution in [3.05, 3.63) is 0 Å². The molecule has 0 aromatic carbocycles. The summed E-state index contributed by atoms with van der Waals surface area (Å²) in [4.78, 5) is 15.1. The fourth-order valence-electron chi connectivity index (χ4n) is 6.82. The van der Waals surface area contributed by atoms with E-state index >= 15 is 0 Å². The van der Waals surface area contributed by atoms with E-state index in [4.69, 9.17) is 9.47 Å². The maximum absolute atomic E-state index is 12.8. The Kier molecular flexibility index (Phi) is 3.30. The van der Waals surface area contributed by atoms with Crippen molar-refractivity contribution in [3.8, 4) is 0 Å². The van der Waals surface area contributed by atoms with Gasteiger partial charge in [0.05, 0.1) is 5.60 Å². The molecule has 1 spiro atoms. The molecular weight excluding hydrogens is 318 g/mol. The molecule has 3 heterocycles. The number of hydrogen-bond acceptors (Lipinski definition) is 5. The molecule has 0 radical (unpaired) electrons. The molecule has 5 unspecified atom stereocenters. The van der Waals surface area contributed by atoms with Crippen molar-refractivity contribution >= 4 is 5.97 Å². The van der Waals surface area contributed by atoms with Crippen LogP contribution in [0.5, 0.6) is 0 Å². The highest BCUT2D eigenvalue weighted by Crippen LogP contribution is 2.73. The monoisotopic (exact) mass is 349 g/mol. The maximum Gasteiger partial charge on any atom is 0.313 e. The number of rotatable bonds is 2. The van der Waals surface area contributed by atoms with Gasteiger partial charge < -0.3 is 19.5 Å². The molecular formula is C20H31NO4. The lowest BCUT2D eigenvalue weighted by molar-refractivity contribution is -0.169. The third kappa shape index (κ3) is 1.93. The number of carbonyl (C=O) groups excluding carboxylic acids is 1. The Hall–Kier alpha value is -0.650. The molecule has 5 fully saturated rings. The number of hydrogen-bond donors (Lipinski definition) is 1. The highest BCUT2D eigenvalue weighted by Gasteiger charge is 2.86. The van der Waals surface area contributed by atoms with Crippen LogP contribution in [-0.2, 0) is 14.3 Å². The van der Waals surface area contributed by atoms with Gasteiger partial charge in [-0.15, -0.1) is 0 Å². The zero-order chi connectivity index (χ0) is 17.5. The minimum atomic E-state index is -1.07. The van der Waals surface area contributed by atoms with Gasteiger partial charge in [-0.25, -0.2) is 0 Å². The quantitative estimate of drug-likeness (QED) is 0.612. The summed E-state index contributed by atoms with van der Waals surface area (Å²) < 4.78 is 12.3. The predicted octanol–water partition coefficient (Wildman–Crippen LogP) is 2.26. The number of esters is 1. The van der Waals surface area contributed by atoms with Gasteiger partial charge in [-0.05, 0) is 65.0 Å². The lowest BCUT2D eigenvalue weighted by Gasteiger charge is -2.52. The predicted molar refractivity (Wildman–Crippen MR) is 92.0 cm³/mol. The number of carbonyl (C=O) groups is 1. The molecule has 0 bridgehead atoms. The Bertz CT molecular complexity index is 605. The van der Waals surface area contributed by atoms with Crippen molar-refractivity contribution in [1.29, 1.82) is 0 Å². The van der Waals surface area contributed by atoms with E-state index in [0.29, 0.717) is 13.0 Å². The summed E-state index contributed by atoms with van der Waals surface area (Å²) >= 11 is 0. The molecule has 25 heavy (non-hydrogen) atoms. The van der Waals surface area contributed by atoms with E-state index in [-0.39, 0.29) is 17.0 Å². The average molecular weight is 349 g/mol. The number of aliphatic hydroxyl groups is 1. The van der Waals surface area contributed by atoms with Crippen LogP contribution in [0.1, 0.15) is 65.2 Å². The molecule has 0 aromatic heterocycles. The molecule has 3 aliphatic heterocycles. The van der Waals surface area contributed by atoms with Crippen LogP contribution < -0.4 is 0 Å². The first-order valence-electron chi connectivity index (χ1n) is 10.2. The first-order valence-corrected chi connectivity index (χ1v) is 10.2. The van der Waals surface area contributed by atoms with E-state index in [1.807, 2.05) is 0 Å². The van der Waals surface area contributed by atoms with Crippen LogP contribution in [0.3, 0.4) is 0 Å². The lowest BCUT2D eigenvalue weighted by Crippen LogP contribution is -2.65. The summed E-state index contributed by atoms with van der Waals surface area (Å²) in [6.07, 6.45) is 7.98.